The highest BCUT2D eigenvalue weighted by atomic mass is 79.9. The van der Waals surface area contributed by atoms with E-state index in [0.29, 0.717) is 10.0 Å². The molecule has 1 amide bonds. The van der Waals surface area contributed by atoms with Gasteiger partial charge in [-0.25, -0.2) is 4.39 Å². The second kappa shape index (κ2) is 5.21. The van der Waals surface area contributed by atoms with Gasteiger partial charge in [0.1, 0.15) is 11.6 Å². The van der Waals surface area contributed by atoms with Crippen LogP contribution in [0.2, 0.25) is 0 Å². The second-order valence-corrected chi connectivity index (χ2v) is 5.30. The summed E-state index contributed by atoms with van der Waals surface area (Å²) in [6.45, 7) is 1.22. The molecule has 1 unspecified atom stereocenters. The fourth-order valence-corrected chi connectivity index (χ4v) is 2.78. The SMILES string of the molecule is CC(=O)C1C(=O)C[C@H](c2ccc(F)cc2Br)NC1=O. The topological polar surface area (TPSA) is 63.2 Å². The average molecular weight is 328 g/mol. The smallest absolute Gasteiger partial charge is 0.238 e. The van der Waals surface area contributed by atoms with Crippen LogP contribution in [0.1, 0.15) is 24.9 Å². The summed E-state index contributed by atoms with van der Waals surface area (Å²) in [7, 11) is 0. The molecule has 2 atom stereocenters. The number of hydrogen-bond acceptors (Lipinski definition) is 3. The largest absolute Gasteiger partial charge is 0.348 e. The quantitative estimate of drug-likeness (QED) is 0.844. The van der Waals surface area contributed by atoms with Crippen molar-refractivity contribution in [3.63, 3.8) is 0 Å². The van der Waals surface area contributed by atoms with Gasteiger partial charge in [-0.05, 0) is 24.6 Å². The van der Waals surface area contributed by atoms with Crippen molar-refractivity contribution >= 4 is 33.4 Å². The van der Waals surface area contributed by atoms with E-state index in [4.69, 9.17) is 0 Å². The van der Waals surface area contributed by atoms with Gasteiger partial charge in [0, 0.05) is 10.9 Å². The predicted molar refractivity (Wildman–Crippen MR) is 68.8 cm³/mol. The predicted octanol–water partition coefficient (Wildman–Crippen LogP) is 1.92. The Labute approximate surface area is 117 Å². The Morgan fingerprint density at radius 1 is 1.42 bits per heavy atom. The van der Waals surface area contributed by atoms with E-state index >= 15 is 0 Å². The Kier molecular flexibility index (Phi) is 3.80. The molecule has 0 spiro atoms. The first kappa shape index (κ1) is 13.9. The standard InChI is InChI=1S/C13H11BrFNO3/c1-6(17)12-11(18)5-10(16-13(12)19)8-3-2-7(15)4-9(8)14/h2-4,10,12H,5H2,1H3,(H,16,19)/t10-,12?/m1/s1. The van der Waals surface area contributed by atoms with E-state index in [1.54, 1.807) is 0 Å². The van der Waals surface area contributed by atoms with Gasteiger partial charge in [0.25, 0.3) is 0 Å². The van der Waals surface area contributed by atoms with Gasteiger partial charge in [0.15, 0.2) is 11.7 Å². The second-order valence-electron chi connectivity index (χ2n) is 4.44. The Hall–Kier alpha value is -1.56. The van der Waals surface area contributed by atoms with Crippen molar-refractivity contribution in [3.8, 4) is 0 Å². The van der Waals surface area contributed by atoms with Gasteiger partial charge in [-0.1, -0.05) is 22.0 Å². The lowest BCUT2D eigenvalue weighted by Gasteiger charge is -2.27. The number of hydrogen-bond donors (Lipinski definition) is 1. The molecule has 0 bridgehead atoms. The summed E-state index contributed by atoms with van der Waals surface area (Å²) < 4.78 is 13.5. The van der Waals surface area contributed by atoms with Gasteiger partial charge >= 0.3 is 0 Å². The highest BCUT2D eigenvalue weighted by Crippen LogP contribution is 2.30. The summed E-state index contributed by atoms with van der Waals surface area (Å²) in [5.74, 6) is -3.08. The number of benzene rings is 1. The van der Waals surface area contributed by atoms with E-state index < -0.39 is 35.3 Å². The van der Waals surface area contributed by atoms with Crippen molar-refractivity contribution in [2.75, 3.05) is 0 Å². The van der Waals surface area contributed by atoms with Crippen molar-refractivity contribution in [1.29, 1.82) is 0 Å². The molecule has 1 fully saturated rings. The fraction of sp³-hybridized carbons (Fsp3) is 0.308. The van der Waals surface area contributed by atoms with Crippen molar-refractivity contribution in [3.05, 3.63) is 34.1 Å². The van der Waals surface area contributed by atoms with Crippen molar-refractivity contribution in [2.24, 2.45) is 5.92 Å². The van der Waals surface area contributed by atoms with Crippen LogP contribution in [-0.4, -0.2) is 17.5 Å². The van der Waals surface area contributed by atoms with Crippen molar-refractivity contribution in [1.82, 2.24) is 5.32 Å². The first-order valence-electron chi connectivity index (χ1n) is 5.68. The van der Waals surface area contributed by atoms with Crippen LogP contribution < -0.4 is 5.32 Å². The van der Waals surface area contributed by atoms with Crippen LogP contribution in [0.4, 0.5) is 4.39 Å². The van der Waals surface area contributed by atoms with Crippen LogP contribution in [0.15, 0.2) is 22.7 Å². The van der Waals surface area contributed by atoms with Crippen LogP contribution in [0.25, 0.3) is 0 Å². The lowest BCUT2D eigenvalue weighted by Crippen LogP contribution is -2.47. The number of rotatable bonds is 2. The highest BCUT2D eigenvalue weighted by molar-refractivity contribution is 9.10. The number of carbonyl (C=O) groups excluding carboxylic acids is 3. The van der Waals surface area contributed by atoms with Crippen LogP contribution in [0.3, 0.4) is 0 Å². The van der Waals surface area contributed by atoms with Gasteiger partial charge < -0.3 is 5.32 Å². The number of amides is 1. The zero-order valence-electron chi connectivity index (χ0n) is 10.1. The number of ketones is 2. The minimum Gasteiger partial charge on any atom is -0.348 e. The number of carbonyl (C=O) groups is 3. The summed E-state index contributed by atoms with van der Waals surface area (Å²) in [5, 5.41) is 2.62. The maximum atomic E-state index is 13.0. The molecule has 0 aliphatic carbocycles. The first-order chi connectivity index (χ1) is 8.90. The number of halogens is 2. The molecule has 0 radical (unpaired) electrons. The molecule has 19 heavy (non-hydrogen) atoms. The molecular formula is C13H11BrFNO3. The fourth-order valence-electron chi connectivity index (χ4n) is 2.15. The van der Waals surface area contributed by atoms with Crippen LogP contribution >= 0.6 is 15.9 Å². The van der Waals surface area contributed by atoms with Gasteiger partial charge in [0.2, 0.25) is 5.91 Å². The summed E-state index contributed by atoms with van der Waals surface area (Å²) in [5.41, 5.74) is 0.616. The first-order valence-corrected chi connectivity index (χ1v) is 6.48. The average Bonchev–Trinajstić information content (AvgIpc) is 2.26. The molecule has 100 valence electrons. The van der Waals surface area contributed by atoms with Gasteiger partial charge in [-0.15, -0.1) is 0 Å². The third kappa shape index (κ3) is 2.73. The lowest BCUT2D eigenvalue weighted by atomic mass is 9.87. The molecular weight excluding hydrogens is 317 g/mol. The van der Waals surface area contributed by atoms with Gasteiger partial charge in [-0.3, -0.25) is 14.4 Å². The molecule has 1 aromatic carbocycles. The zero-order chi connectivity index (χ0) is 14.2. The Bertz CT molecular complexity index is 555. The molecule has 1 heterocycles. The molecule has 2 rings (SSSR count). The number of Topliss-reactive ketones (excluding diaryl/α,β-unsaturated/α-hetero) is 2. The van der Waals surface area contributed by atoms with E-state index in [0.717, 1.165) is 0 Å². The number of nitrogens with one attached hydrogen (secondary N) is 1. The third-order valence-corrected chi connectivity index (χ3v) is 3.74. The van der Waals surface area contributed by atoms with E-state index in [1.165, 1.54) is 25.1 Å². The van der Waals surface area contributed by atoms with E-state index in [9.17, 15) is 18.8 Å². The Morgan fingerprint density at radius 3 is 2.63 bits per heavy atom. The van der Waals surface area contributed by atoms with Gasteiger partial charge in [0.05, 0.1) is 6.04 Å². The monoisotopic (exact) mass is 327 g/mol. The van der Waals surface area contributed by atoms with Crippen molar-refractivity contribution < 1.29 is 18.8 Å². The molecule has 0 aromatic heterocycles. The Balaban J connectivity index is 2.28. The molecule has 1 saturated heterocycles. The highest BCUT2D eigenvalue weighted by Gasteiger charge is 2.38. The molecule has 1 aliphatic rings. The molecule has 0 saturated carbocycles. The zero-order valence-corrected chi connectivity index (χ0v) is 11.7. The molecule has 1 aliphatic heterocycles. The minimum absolute atomic E-state index is 0.0280. The Morgan fingerprint density at radius 2 is 2.11 bits per heavy atom. The minimum atomic E-state index is -1.21. The summed E-state index contributed by atoms with van der Waals surface area (Å²) in [4.78, 5) is 34.8. The lowest BCUT2D eigenvalue weighted by molar-refractivity contribution is -0.143. The van der Waals surface area contributed by atoms with Crippen molar-refractivity contribution in [2.45, 2.75) is 19.4 Å². The maximum absolute atomic E-state index is 13.0. The molecule has 4 nitrogen and oxygen atoms in total. The summed E-state index contributed by atoms with van der Waals surface area (Å²) in [6, 6.07) is 3.49. The molecule has 6 heteroatoms. The summed E-state index contributed by atoms with van der Waals surface area (Å²) in [6.07, 6.45) is 0.0280. The van der Waals surface area contributed by atoms with E-state index in [1.807, 2.05) is 0 Å². The number of piperidine rings is 1. The molecule has 1 aromatic rings. The van der Waals surface area contributed by atoms with Gasteiger partial charge in [-0.2, -0.15) is 0 Å². The van der Waals surface area contributed by atoms with Crippen LogP contribution in [0, 0.1) is 11.7 Å². The summed E-state index contributed by atoms with van der Waals surface area (Å²) >= 11 is 3.20. The van der Waals surface area contributed by atoms with E-state index in [-0.39, 0.29) is 6.42 Å². The maximum Gasteiger partial charge on any atom is 0.238 e. The van der Waals surface area contributed by atoms with Crippen LogP contribution in [-0.2, 0) is 14.4 Å². The van der Waals surface area contributed by atoms with Crippen LogP contribution in [0.5, 0.6) is 0 Å². The normalized spacial score (nSPS) is 23.1. The third-order valence-electron chi connectivity index (χ3n) is 3.05. The van der Waals surface area contributed by atoms with E-state index in [2.05, 4.69) is 21.2 Å². The molecule has 1 N–H and O–H groups in total.